The Kier molecular flexibility index (Phi) is 4.04. The minimum absolute atomic E-state index is 0.152. The van der Waals surface area contributed by atoms with Crippen LogP contribution in [-0.4, -0.2) is 10.5 Å². The van der Waals surface area contributed by atoms with Crippen LogP contribution in [0.2, 0.25) is 0 Å². The summed E-state index contributed by atoms with van der Waals surface area (Å²) in [6, 6.07) is 5.11. The maximum Gasteiger partial charge on any atom is 0.273 e. The topological polar surface area (TPSA) is 69.2 Å². The zero-order chi connectivity index (χ0) is 12.3. The number of aryl methyl sites for hydroxylation is 1. The second-order valence-electron chi connectivity index (χ2n) is 4.52. The van der Waals surface area contributed by atoms with Gasteiger partial charge in [0, 0.05) is 21.6 Å². The molecule has 0 fully saturated rings. The zero-order valence-corrected chi connectivity index (χ0v) is 11.0. The fraction of sp³-hybridized carbons (Fsp3) is 0.455. The largest absolute Gasteiger partial charge is 0.326 e. The van der Waals surface area contributed by atoms with Gasteiger partial charge in [0.1, 0.15) is 0 Å². The van der Waals surface area contributed by atoms with Gasteiger partial charge in [-0.2, -0.15) is 0 Å². The molecule has 1 rings (SSSR count). The first-order chi connectivity index (χ1) is 7.29. The third kappa shape index (κ3) is 3.90. The van der Waals surface area contributed by atoms with Gasteiger partial charge >= 0.3 is 0 Å². The molecule has 1 aromatic carbocycles. The van der Waals surface area contributed by atoms with Gasteiger partial charge in [0.05, 0.1) is 4.92 Å². The lowest BCUT2D eigenvalue weighted by Gasteiger charge is -2.17. The number of nitrogens with zero attached hydrogens (tertiary/aromatic N) is 1. The number of nitro groups is 1. The molecule has 0 bridgehead atoms. The number of halogens is 1. The molecule has 4 nitrogen and oxygen atoms in total. The average Bonchev–Trinajstić information content (AvgIpc) is 2.14. The van der Waals surface area contributed by atoms with E-state index < -0.39 is 0 Å². The number of rotatable bonds is 4. The van der Waals surface area contributed by atoms with Crippen molar-refractivity contribution >= 4 is 21.6 Å². The normalized spacial score (nSPS) is 11.5. The van der Waals surface area contributed by atoms with Crippen molar-refractivity contribution in [3.63, 3.8) is 0 Å². The first-order valence-electron chi connectivity index (χ1n) is 5.01. The second kappa shape index (κ2) is 4.93. The van der Waals surface area contributed by atoms with E-state index in [1.54, 1.807) is 6.07 Å². The molecule has 0 amide bonds. The van der Waals surface area contributed by atoms with E-state index in [2.05, 4.69) is 15.9 Å². The molecule has 0 saturated carbocycles. The Bertz CT molecular complexity index is 399. The summed E-state index contributed by atoms with van der Waals surface area (Å²) < 4.78 is 0.718. The Labute approximate surface area is 103 Å². The number of nitro benzene ring substituents is 1. The van der Waals surface area contributed by atoms with Crippen LogP contribution in [0.3, 0.4) is 0 Å². The van der Waals surface area contributed by atoms with Crippen LogP contribution in [0.5, 0.6) is 0 Å². The number of hydrogen-bond acceptors (Lipinski definition) is 3. The van der Waals surface area contributed by atoms with Crippen molar-refractivity contribution in [2.45, 2.75) is 32.2 Å². The lowest BCUT2D eigenvalue weighted by molar-refractivity contribution is -0.385. The van der Waals surface area contributed by atoms with E-state index in [9.17, 15) is 10.1 Å². The van der Waals surface area contributed by atoms with Gasteiger partial charge in [-0.25, -0.2) is 0 Å². The molecule has 0 atom stereocenters. The first kappa shape index (κ1) is 13.1. The second-order valence-corrected chi connectivity index (χ2v) is 5.43. The maximum absolute atomic E-state index is 10.9. The average molecular weight is 287 g/mol. The maximum atomic E-state index is 10.9. The number of hydrogen-bond donors (Lipinski definition) is 1. The van der Waals surface area contributed by atoms with E-state index in [0.717, 1.165) is 16.5 Å². The van der Waals surface area contributed by atoms with E-state index >= 15 is 0 Å². The SMILES string of the molecule is CC(C)(N)CCc1ccc(Br)cc1[N+](=O)[O-]. The van der Waals surface area contributed by atoms with Gasteiger partial charge in [-0.15, -0.1) is 0 Å². The van der Waals surface area contributed by atoms with Crippen molar-refractivity contribution < 1.29 is 4.92 Å². The van der Waals surface area contributed by atoms with Crippen LogP contribution < -0.4 is 5.73 Å². The molecule has 0 saturated heterocycles. The molecule has 2 N–H and O–H groups in total. The first-order valence-corrected chi connectivity index (χ1v) is 5.80. The van der Waals surface area contributed by atoms with E-state index in [-0.39, 0.29) is 16.1 Å². The van der Waals surface area contributed by atoms with Gasteiger partial charge in [-0.1, -0.05) is 22.0 Å². The molecular weight excluding hydrogens is 272 g/mol. The molecule has 0 aliphatic heterocycles. The molecule has 0 unspecified atom stereocenters. The summed E-state index contributed by atoms with van der Waals surface area (Å²) in [6.45, 7) is 3.83. The van der Waals surface area contributed by atoms with Crippen LogP contribution in [0.25, 0.3) is 0 Å². The van der Waals surface area contributed by atoms with Crippen LogP contribution in [0.1, 0.15) is 25.8 Å². The molecule has 0 aliphatic rings. The highest BCUT2D eigenvalue weighted by Gasteiger charge is 2.17. The van der Waals surface area contributed by atoms with Crippen molar-refractivity contribution in [3.8, 4) is 0 Å². The molecule has 0 heterocycles. The fourth-order valence-electron chi connectivity index (χ4n) is 1.38. The van der Waals surface area contributed by atoms with Crippen molar-refractivity contribution in [2.75, 3.05) is 0 Å². The van der Waals surface area contributed by atoms with Crippen LogP contribution in [-0.2, 0) is 6.42 Å². The fourth-order valence-corrected chi connectivity index (χ4v) is 1.72. The quantitative estimate of drug-likeness (QED) is 0.683. The summed E-state index contributed by atoms with van der Waals surface area (Å²) in [6.07, 6.45) is 1.34. The highest BCUT2D eigenvalue weighted by Crippen LogP contribution is 2.25. The standard InChI is InChI=1S/C11H15BrN2O2/c1-11(2,13)6-5-8-3-4-9(12)7-10(8)14(15)16/h3-4,7H,5-6,13H2,1-2H3. The lowest BCUT2D eigenvalue weighted by Crippen LogP contribution is -2.32. The predicted octanol–water partition coefficient (Wildman–Crippen LogP) is 3.03. The van der Waals surface area contributed by atoms with Crippen molar-refractivity contribution in [3.05, 3.63) is 38.3 Å². The minimum atomic E-state index is -0.358. The summed E-state index contributed by atoms with van der Waals surface area (Å²) in [5.74, 6) is 0. The molecule has 0 aliphatic carbocycles. The van der Waals surface area contributed by atoms with E-state index in [1.165, 1.54) is 6.07 Å². The van der Waals surface area contributed by atoms with Crippen molar-refractivity contribution in [1.82, 2.24) is 0 Å². The van der Waals surface area contributed by atoms with E-state index in [1.807, 2.05) is 19.9 Å². The van der Waals surface area contributed by atoms with Crippen molar-refractivity contribution in [2.24, 2.45) is 5.73 Å². The molecule has 5 heteroatoms. The number of nitrogens with two attached hydrogens (primary N) is 1. The Balaban J connectivity index is 2.91. The molecular formula is C11H15BrN2O2. The van der Waals surface area contributed by atoms with Crippen LogP contribution in [0.15, 0.2) is 22.7 Å². The third-order valence-corrected chi connectivity index (χ3v) is 2.78. The predicted molar refractivity (Wildman–Crippen MR) is 67.4 cm³/mol. The monoisotopic (exact) mass is 286 g/mol. The molecule has 0 radical (unpaired) electrons. The highest BCUT2D eigenvalue weighted by molar-refractivity contribution is 9.10. The smallest absolute Gasteiger partial charge is 0.273 e. The summed E-state index contributed by atoms with van der Waals surface area (Å²) in [7, 11) is 0. The zero-order valence-electron chi connectivity index (χ0n) is 9.37. The highest BCUT2D eigenvalue weighted by atomic mass is 79.9. The molecule has 88 valence electrons. The minimum Gasteiger partial charge on any atom is -0.326 e. The summed E-state index contributed by atoms with van der Waals surface area (Å²) in [5, 5.41) is 10.9. The molecule has 0 aromatic heterocycles. The Morgan fingerprint density at radius 3 is 2.62 bits per heavy atom. The molecule has 16 heavy (non-hydrogen) atoms. The van der Waals surface area contributed by atoms with E-state index in [4.69, 9.17) is 5.73 Å². The van der Waals surface area contributed by atoms with Gasteiger partial charge < -0.3 is 5.73 Å². The van der Waals surface area contributed by atoms with E-state index in [0.29, 0.717) is 6.42 Å². The van der Waals surface area contributed by atoms with Gasteiger partial charge in [-0.3, -0.25) is 10.1 Å². The Morgan fingerprint density at radius 1 is 1.50 bits per heavy atom. The van der Waals surface area contributed by atoms with Gasteiger partial charge in [0.15, 0.2) is 0 Å². The van der Waals surface area contributed by atoms with Gasteiger partial charge in [0.2, 0.25) is 0 Å². The van der Waals surface area contributed by atoms with Gasteiger partial charge in [0.25, 0.3) is 5.69 Å². The third-order valence-electron chi connectivity index (χ3n) is 2.28. The van der Waals surface area contributed by atoms with Crippen LogP contribution >= 0.6 is 15.9 Å². The number of benzene rings is 1. The molecule has 0 spiro atoms. The van der Waals surface area contributed by atoms with Crippen LogP contribution in [0, 0.1) is 10.1 Å². The summed E-state index contributed by atoms with van der Waals surface area (Å²) in [4.78, 5) is 10.5. The van der Waals surface area contributed by atoms with Crippen LogP contribution in [0.4, 0.5) is 5.69 Å². The summed E-state index contributed by atoms with van der Waals surface area (Å²) in [5.41, 5.74) is 6.44. The lowest BCUT2D eigenvalue weighted by atomic mass is 9.96. The Morgan fingerprint density at radius 2 is 2.12 bits per heavy atom. The van der Waals surface area contributed by atoms with Crippen molar-refractivity contribution in [1.29, 1.82) is 0 Å². The molecule has 1 aromatic rings. The van der Waals surface area contributed by atoms with Gasteiger partial charge in [-0.05, 0) is 32.8 Å². The Hall–Kier alpha value is -0.940. The summed E-state index contributed by atoms with van der Waals surface area (Å²) >= 11 is 3.23.